The maximum Gasteiger partial charge on any atom is 0.227 e. The largest absolute Gasteiger partial charge is 0.361 e. The Balaban J connectivity index is 1.65. The molecule has 6 heteroatoms. The van der Waals surface area contributed by atoms with Crippen molar-refractivity contribution in [3.8, 4) is 17.2 Å². The molecule has 1 aliphatic heterocycles. The number of carbonyl (C=O) groups excluding carboxylic acids is 1. The molecule has 0 aliphatic carbocycles. The average molecular weight is 420 g/mol. The van der Waals surface area contributed by atoms with E-state index in [1.807, 2.05) is 31.7 Å². The van der Waals surface area contributed by atoms with Gasteiger partial charge in [-0.2, -0.15) is 5.26 Å². The van der Waals surface area contributed by atoms with Crippen molar-refractivity contribution >= 4 is 17.5 Å². The lowest BCUT2D eigenvalue weighted by Crippen LogP contribution is -2.40. The molecule has 1 atom stereocenters. The number of carbonyl (C=O) groups is 1. The minimum absolute atomic E-state index is 0.0273. The molecule has 4 rings (SSSR count). The van der Waals surface area contributed by atoms with E-state index >= 15 is 0 Å². The van der Waals surface area contributed by atoms with Gasteiger partial charge in [0.15, 0.2) is 0 Å². The van der Waals surface area contributed by atoms with E-state index in [-0.39, 0.29) is 18.4 Å². The number of nitrogens with zero attached hydrogens (tertiary/aromatic N) is 3. The standard InChI is InChI=1S/C24H22ClN3O2/c1-14-24(16(3)30-27-14)20-8-5-7-18-15(2)28(11-10-19(18)20)23(29)12-21-17(13-26)6-4-9-22(21)25/h4-9,15H,10-12H2,1-3H3. The van der Waals surface area contributed by atoms with Crippen LogP contribution in [0.2, 0.25) is 5.02 Å². The molecule has 1 aliphatic rings. The van der Waals surface area contributed by atoms with Crippen LogP contribution in [0.1, 0.15) is 46.7 Å². The fraction of sp³-hybridized carbons (Fsp3) is 0.292. The summed E-state index contributed by atoms with van der Waals surface area (Å²) in [4.78, 5) is 15.0. The van der Waals surface area contributed by atoms with Crippen LogP contribution in [0.25, 0.3) is 11.1 Å². The van der Waals surface area contributed by atoms with Gasteiger partial charge >= 0.3 is 0 Å². The Bertz CT molecular complexity index is 1160. The Morgan fingerprint density at radius 1 is 1.30 bits per heavy atom. The summed E-state index contributed by atoms with van der Waals surface area (Å²) in [5.74, 6) is 0.773. The van der Waals surface area contributed by atoms with E-state index in [1.54, 1.807) is 18.2 Å². The lowest BCUT2D eigenvalue weighted by Gasteiger charge is -2.36. The third-order valence-corrected chi connectivity index (χ3v) is 6.28. The minimum atomic E-state index is -0.0744. The van der Waals surface area contributed by atoms with Gasteiger partial charge in [-0.05, 0) is 61.6 Å². The first-order chi connectivity index (χ1) is 14.4. The van der Waals surface area contributed by atoms with Gasteiger partial charge in [-0.25, -0.2) is 0 Å². The number of fused-ring (bicyclic) bond motifs is 1. The summed E-state index contributed by atoms with van der Waals surface area (Å²) in [5.41, 5.74) is 6.44. The number of hydrogen-bond donors (Lipinski definition) is 0. The first kappa shape index (κ1) is 20.2. The number of halogens is 1. The zero-order valence-electron chi connectivity index (χ0n) is 17.2. The van der Waals surface area contributed by atoms with Crippen molar-refractivity contribution in [2.45, 2.75) is 39.7 Å². The Morgan fingerprint density at radius 3 is 2.77 bits per heavy atom. The second-order valence-electron chi connectivity index (χ2n) is 7.64. The predicted octanol–water partition coefficient (Wildman–Crippen LogP) is 5.17. The van der Waals surface area contributed by atoms with Crippen LogP contribution in [0.3, 0.4) is 0 Å². The van der Waals surface area contributed by atoms with Crippen molar-refractivity contribution in [2.24, 2.45) is 0 Å². The number of nitriles is 1. The van der Waals surface area contributed by atoms with E-state index < -0.39 is 0 Å². The van der Waals surface area contributed by atoms with Gasteiger partial charge in [0.1, 0.15) is 5.76 Å². The highest BCUT2D eigenvalue weighted by molar-refractivity contribution is 6.31. The fourth-order valence-corrected chi connectivity index (χ4v) is 4.65. The highest BCUT2D eigenvalue weighted by Crippen LogP contribution is 2.38. The van der Waals surface area contributed by atoms with Crippen molar-refractivity contribution in [3.63, 3.8) is 0 Å². The van der Waals surface area contributed by atoms with Gasteiger partial charge in [-0.15, -0.1) is 0 Å². The maximum absolute atomic E-state index is 13.2. The van der Waals surface area contributed by atoms with E-state index in [4.69, 9.17) is 16.1 Å². The molecule has 0 N–H and O–H groups in total. The van der Waals surface area contributed by atoms with E-state index in [9.17, 15) is 10.1 Å². The van der Waals surface area contributed by atoms with Crippen molar-refractivity contribution in [1.29, 1.82) is 5.26 Å². The highest BCUT2D eigenvalue weighted by atomic mass is 35.5. The van der Waals surface area contributed by atoms with E-state index in [1.165, 1.54) is 5.56 Å². The zero-order valence-corrected chi connectivity index (χ0v) is 18.0. The Hall–Kier alpha value is -3.10. The van der Waals surface area contributed by atoms with Crippen molar-refractivity contribution < 1.29 is 9.32 Å². The smallest absolute Gasteiger partial charge is 0.227 e. The number of aryl methyl sites for hydroxylation is 2. The number of amides is 1. The molecule has 30 heavy (non-hydrogen) atoms. The first-order valence-corrected chi connectivity index (χ1v) is 10.3. The van der Waals surface area contributed by atoms with Crippen molar-refractivity contribution in [1.82, 2.24) is 10.1 Å². The molecule has 0 saturated carbocycles. The summed E-state index contributed by atoms with van der Waals surface area (Å²) < 4.78 is 5.37. The van der Waals surface area contributed by atoms with Crippen molar-refractivity contribution in [3.05, 3.63) is 75.1 Å². The summed E-state index contributed by atoms with van der Waals surface area (Å²) in [7, 11) is 0. The topological polar surface area (TPSA) is 70.1 Å². The molecule has 3 aromatic rings. The molecule has 0 saturated heterocycles. The van der Waals surface area contributed by atoms with Gasteiger partial charge in [-0.1, -0.05) is 41.0 Å². The van der Waals surface area contributed by atoms with Crippen LogP contribution in [-0.4, -0.2) is 22.5 Å². The number of aromatic nitrogens is 1. The first-order valence-electron chi connectivity index (χ1n) is 9.94. The normalized spacial score (nSPS) is 15.6. The van der Waals surface area contributed by atoms with Gasteiger partial charge in [0.05, 0.1) is 29.8 Å². The van der Waals surface area contributed by atoms with E-state index in [0.29, 0.717) is 22.7 Å². The second kappa shape index (κ2) is 7.97. The minimum Gasteiger partial charge on any atom is -0.361 e. The van der Waals surface area contributed by atoms with Gasteiger partial charge in [0.25, 0.3) is 0 Å². The Labute approximate surface area is 180 Å². The zero-order chi connectivity index (χ0) is 21.4. The Morgan fingerprint density at radius 2 is 2.07 bits per heavy atom. The fourth-order valence-electron chi connectivity index (χ4n) is 4.41. The molecule has 2 aromatic carbocycles. The quantitative estimate of drug-likeness (QED) is 0.587. The Kier molecular flexibility index (Phi) is 5.36. The molecule has 1 unspecified atom stereocenters. The molecule has 152 valence electrons. The monoisotopic (exact) mass is 419 g/mol. The highest BCUT2D eigenvalue weighted by Gasteiger charge is 2.30. The molecular weight excluding hydrogens is 398 g/mol. The molecule has 0 bridgehead atoms. The van der Waals surface area contributed by atoms with Gasteiger partial charge in [0, 0.05) is 17.1 Å². The molecule has 0 spiro atoms. The molecule has 1 aromatic heterocycles. The predicted molar refractivity (Wildman–Crippen MR) is 115 cm³/mol. The summed E-state index contributed by atoms with van der Waals surface area (Å²) in [6, 6.07) is 13.4. The third kappa shape index (κ3) is 3.38. The van der Waals surface area contributed by atoms with Crippen LogP contribution < -0.4 is 0 Å². The van der Waals surface area contributed by atoms with Crippen LogP contribution >= 0.6 is 11.6 Å². The van der Waals surface area contributed by atoms with Crippen LogP contribution in [0.15, 0.2) is 40.9 Å². The molecule has 1 amide bonds. The maximum atomic E-state index is 13.2. The lowest BCUT2D eigenvalue weighted by atomic mass is 9.86. The van der Waals surface area contributed by atoms with Crippen LogP contribution in [0, 0.1) is 25.2 Å². The summed E-state index contributed by atoms with van der Waals surface area (Å²) in [6.45, 7) is 6.53. The van der Waals surface area contributed by atoms with Crippen LogP contribution in [0.5, 0.6) is 0 Å². The van der Waals surface area contributed by atoms with Gasteiger partial charge in [0.2, 0.25) is 5.91 Å². The third-order valence-electron chi connectivity index (χ3n) is 5.92. The van der Waals surface area contributed by atoms with Gasteiger partial charge in [-0.3, -0.25) is 4.79 Å². The average Bonchev–Trinajstić information content (AvgIpc) is 3.07. The molecule has 0 fully saturated rings. The van der Waals surface area contributed by atoms with Crippen molar-refractivity contribution in [2.75, 3.05) is 6.54 Å². The molecule has 0 radical (unpaired) electrons. The second-order valence-corrected chi connectivity index (χ2v) is 8.05. The number of rotatable bonds is 3. The van der Waals surface area contributed by atoms with E-state index in [0.717, 1.165) is 34.6 Å². The van der Waals surface area contributed by atoms with Crippen LogP contribution in [0.4, 0.5) is 0 Å². The lowest BCUT2D eigenvalue weighted by molar-refractivity contribution is -0.133. The molecule has 2 heterocycles. The van der Waals surface area contributed by atoms with Crippen LogP contribution in [-0.2, 0) is 17.6 Å². The molecular formula is C24H22ClN3O2. The number of benzene rings is 2. The van der Waals surface area contributed by atoms with Gasteiger partial charge < -0.3 is 9.42 Å². The summed E-state index contributed by atoms with van der Waals surface area (Å²) >= 11 is 6.28. The SMILES string of the molecule is Cc1noc(C)c1-c1cccc2c1CCN(C(=O)Cc1c(Cl)cccc1C#N)C2C. The van der Waals surface area contributed by atoms with E-state index in [2.05, 4.69) is 23.4 Å². The number of hydrogen-bond acceptors (Lipinski definition) is 4. The molecule has 5 nitrogen and oxygen atoms in total. The summed E-state index contributed by atoms with van der Waals surface area (Å²) in [6.07, 6.45) is 0.866. The summed E-state index contributed by atoms with van der Waals surface area (Å²) in [5, 5.41) is 13.9.